The molecule has 12 heteroatoms. The molecule has 8 bridgehead atoms. The third-order valence-corrected chi connectivity index (χ3v) is 17.9. The van der Waals surface area contributed by atoms with E-state index in [0.29, 0.717) is 39.0 Å². The highest BCUT2D eigenvalue weighted by Crippen LogP contribution is 2.45. The van der Waals surface area contributed by atoms with Crippen molar-refractivity contribution in [3.8, 4) is 78.4 Å². The van der Waals surface area contributed by atoms with Crippen molar-refractivity contribution < 1.29 is 22.0 Å². The van der Waals surface area contributed by atoms with E-state index in [1.807, 2.05) is 0 Å². The summed E-state index contributed by atoms with van der Waals surface area (Å²) < 4.78 is 77.8. The number of hydrogen-bond acceptors (Lipinski definition) is 5. The second kappa shape index (κ2) is 21.1. The average Bonchev–Trinajstić information content (AvgIpc) is 1.69. The molecule has 0 saturated carbocycles. The number of nitrogens with zero attached hydrogens (tertiary/aromatic N) is 5. The molecule has 3 aromatic heterocycles. The van der Waals surface area contributed by atoms with Crippen molar-refractivity contribution in [2.24, 2.45) is 0 Å². The maximum atomic E-state index is 16.2. The Bertz CT molecular complexity index is 5200. The standard InChI is InChI=1S/C79H66F5N7/c1-76(2,3)49-21-13-41(14-22-49)53-33-45-37-57-59(39-47(45)35-55(53)43-17-25-51(26-18-43)78(7,8)9)74-89-72(57)87-63-31-29-61(85-63)65(66-67(80)69(82)71(84)70(83)68(66)81)62-30-32-64(86-62)88-73-58-38-46-34-54(42-15-23-50(24-16-42)77(4,5)6)56(36-48(46)40-60(58)75(90-73)91-74)44-19-27-52(28-20-44)79(10,11)12/h13-40H,1-12H3,(H2,85,86,87,88,89,90,91). The molecule has 0 amide bonds. The number of fused-ring (bicyclic) bond motifs is 16. The first-order valence-electron chi connectivity index (χ1n) is 30.7. The first-order valence-corrected chi connectivity index (χ1v) is 30.7. The number of benzene rings is 9. The van der Waals surface area contributed by atoms with Crippen LogP contribution in [0, 0.1) is 29.1 Å². The summed E-state index contributed by atoms with van der Waals surface area (Å²) in [7, 11) is 0. The molecule has 0 spiro atoms. The molecule has 91 heavy (non-hydrogen) atoms. The van der Waals surface area contributed by atoms with Gasteiger partial charge in [0.05, 0.1) is 16.8 Å². The van der Waals surface area contributed by atoms with Crippen LogP contribution in [0.2, 0.25) is 0 Å². The largest absolute Gasteiger partial charge is 0.340 e. The Hall–Kier alpha value is -9.94. The van der Waals surface area contributed by atoms with Gasteiger partial charge in [-0.3, -0.25) is 0 Å². The van der Waals surface area contributed by atoms with Gasteiger partial charge in [-0.2, -0.15) is 0 Å². The number of aromatic nitrogens is 7. The first kappa shape index (κ1) is 58.7. The molecule has 452 valence electrons. The smallest absolute Gasteiger partial charge is 0.200 e. The second-order valence-corrected chi connectivity index (χ2v) is 28.3. The van der Waals surface area contributed by atoms with Gasteiger partial charge >= 0.3 is 0 Å². The van der Waals surface area contributed by atoms with E-state index in [1.54, 1.807) is 6.07 Å². The summed E-state index contributed by atoms with van der Waals surface area (Å²) in [5.74, 6) is -9.82. The monoisotopic (exact) mass is 1210 g/mol. The molecule has 0 saturated heterocycles. The number of hydrogen-bond donors (Lipinski definition) is 2. The SMILES string of the molecule is CC(C)(C)c1ccc(-c2cc3cc4c(cc3cc2-c2ccc(C(C)(C)C)cc2)-c2nc-4nc3ccc([nH]3)c(-c3c(F)c(F)c(F)c(F)c3F)c3nc(nc4[nH]c(n2)c2cc5cc(-c6ccc(C(C)(C)C)cc6)c(-c6ccc(C(C)(C)C)cc6)cc5cc42)C=C3)cc1. The fourth-order valence-corrected chi connectivity index (χ4v) is 12.5. The molecular weight excluding hydrogens is 1140 g/mol. The Balaban J connectivity index is 1.06. The molecule has 14 rings (SSSR count). The van der Waals surface area contributed by atoms with Gasteiger partial charge in [0, 0.05) is 27.5 Å². The van der Waals surface area contributed by atoms with Crippen LogP contribution >= 0.6 is 0 Å². The molecule has 5 heterocycles. The Labute approximate surface area is 524 Å². The summed E-state index contributed by atoms with van der Waals surface area (Å²) in [5.41, 5.74) is 13.5. The Kier molecular flexibility index (Phi) is 13.6. The number of rotatable bonds is 5. The van der Waals surface area contributed by atoms with Gasteiger partial charge in [-0.1, -0.05) is 180 Å². The van der Waals surface area contributed by atoms with E-state index in [-0.39, 0.29) is 50.2 Å². The molecule has 12 aromatic rings. The highest BCUT2D eigenvalue weighted by molar-refractivity contribution is 6.13. The van der Waals surface area contributed by atoms with Crippen LogP contribution in [-0.4, -0.2) is 34.9 Å². The number of halogens is 5. The highest BCUT2D eigenvalue weighted by Gasteiger charge is 2.31. The molecule has 2 aliphatic heterocycles. The van der Waals surface area contributed by atoms with E-state index >= 15 is 17.6 Å². The van der Waals surface area contributed by atoms with Crippen molar-refractivity contribution in [2.75, 3.05) is 0 Å². The zero-order valence-corrected chi connectivity index (χ0v) is 52.8. The lowest BCUT2D eigenvalue weighted by molar-refractivity contribution is 0.381. The second-order valence-electron chi connectivity index (χ2n) is 28.3. The van der Waals surface area contributed by atoms with Crippen molar-refractivity contribution in [3.63, 3.8) is 0 Å². The molecule has 7 nitrogen and oxygen atoms in total. The van der Waals surface area contributed by atoms with Crippen molar-refractivity contribution in [1.82, 2.24) is 34.9 Å². The predicted molar refractivity (Wildman–Crippen MR) is 362 cm³/mol. The minimum atomic E-state index is -2.28. The summed E-state index contributed by atoms with van der Waals surface area (Å²) in [5, 5.41) is 5.04. The van der Waals surface area contributed by atoms with Crippen LogP contribution in [0.1, 0.15) is 117 Å². The normalized spacial score (nSPS) is 12.8. The minimum absolute atomic E-state index is 0.0254. The average molecular weight is 1210 g/mol. The van der Waals surface area contributed by atoms with Crippen LogP contribution in [0.3, 0.4) is 0 Å². The highest BCUT2D eigenvalue weighted by atomic mass is 19.2. The minimum Gasteiger partial charge on any atom is -0.340 e. The van der Waals surface area contributed by atoms with Crippen molar-refractivity contribution in [2.45, 2.75) is 105 Å². The maximum Gasteiger partial charge on any atom is 0.200 e. The Morgan fingerprint density at radius 3 is 1.05 bits per heavy atom. The Morgan fingerprint density at radius 1 is 0.308 bits per heavy atom. The van der Waals surface area contributed by atoms with Crippen molar-refractivity contribution in [1.29, 1.82) is 0 Å². The van der Waals surface area contributed by atoms with Gasteiger partial charge in [-0.15, -0.1) is 0 Å². The summed E-state index contributed by atoms with van der Waals surface area (Å²) in [4.78, 5) is 32.1. The van der Waals surface area contributed by atoms with Crippen molar-refractivity contribution in [3.05, 3.63) is 221 Å². The molecule has 2 N–H and O–H groups in total. The summed E-state index contributed by atoms with van der Waals surface area (Å²) in [6.45, 7) is 26.5. The zero-order chi connectivity index (χ0) is 64.0. The Morgan fingerprint density at radius 2 is 0.659 bits per heavy atom. The summed E-state index contributed by atoms with van der Waals surface area (Å²) >= 11 is 0. The molecule has 0 unspecified atom stereocenters. The van der Waals surface area contributed by atoms with E-state index in [4.69, 9.17) is 24.9 Å². The number of H-pyrrole nitrogens is 2. The quantitative estimate of drug-likeness (QED) is 0.102. The summed E-state index contributed by atoms with van der Waals surface area (Å²) in [6, 6.07) is 55.2. The van der Waals surface area contributed by atoms with Crippen LogP contribution in [0.4, 0.5) is 22.0 Å². The molecule has 9 aromatic carbocycles. The maximum absolute atomic E-state index is 16.2. The van der Waals surface area contributed by atoms with Gasteiger partial charge < -0.3 is 9.97 Å². The lowest BCUT2D eigenvalue weighted by atomic mass is 9.84. The van der Waals surface area contributed by atoms with Gasteiger partial charge in [0.2, 0.25) is 5.82 Å². The third-order valence-electron chi connectivity index (χ3n) is 17.9. The molecule has 0 fully saturated rings. The van der Waals surface area contributed by atoms with Crippen LogP contribution in [-0.2, 0) is 21.7 Å². The third kappa shape index (κ3) is 10.5. The lowest BCUT2D eigenvalue weighted by Gasteiger charge is -2.21. The van der Waals surface area contributed by atoms with E-state index in [2.05, 4.69) is 239 Å². The molecule has 0 aliphatic carbocycles. The van der Waals surface area contributed by atoms with E-state index in [1.165, 1.54) is 40.5 Å². The van der Waals surface area contributed by atoms with E-state index in [0.717, 1.165) is 66.1 Å². The topological polar surface area (TPSA) is 96.0 Å². The van der Waals surface area contributed by atoms with Gasteiger partial charge in [0.25, 0.3) is 0 Å². The molecular formula is C79H66F5N7. The van der Waals surface area contributed by atoms with Gasteiger partial charge in [0.15, 0.2) is 40.7 Å². The molecule has 0 atom stereocenters. The van der Waals surface area contributed by atoms with Crippen LogP contribution in [0.5, 0.6) is 0 Å². The van der Waals surface area contributed by atoms with Crippen LogP contribution in [0.15, 0.2) is 158 Å². The predicted octanol–water partition coefficient (Wildman–Crippen LogP) is 21.7. The summed E-state index contributed by atoms with van der Waals surface area (Å²) in [6.07, 6.45) is 2.96. The molecule has 0 radical (unpaired) electrons. The van der Waals surface area contributed by atoms with Gasteiger partial charge in [-0.05, 0) is 183 Å². The van der Waals surface area contributed by atoms with Gasteiger partial charge in [0.1, 0.15) is 16.9 Å². The number of aromatic amines is 2. The molecule has 2 aliphatic rings. The van der Waals surface area contributed by atoms with E-state index in [9.17, 15) is 4.39 Å². The van der Waals surface area contributed by atoms with Crippen LogP contribution in [0.25, 0.3) is 145 Å². The lowest BCUT2D eigenvalue weighted by Crippen LogP contribution is -2.10. The zero-order valence-electron chi connectivity index (χ0n) is 52.8. The van der Waals surface area contributed by atoms with E-state index < -0.39 is 40.2 Å². The fourth-order valence-electron chi connectivity index (χ4n) is 12.5. The number of nitrogens with one attached hydrogen (secondary N) is 2. The first-order chi connectivity index (χ1) is 43.1. The fraction of sp³-hybridized carbons (Fsp3) is 0.203. The van der Waals surface area contributed by atoms with Crippen LogP contribution < -0.4 is 0 Å². The van der Waals surface area contributed by atoms with Gasteiger partial charge in [-0.25, -0.2) is 46.9 Å². The van der Waals surface area contributed by atoms with Crippen molar-refractivity contribution >= 4 is 66.9 Å².